The van der Waals surface area contributed by atoms with Crippen molar-refractivity contribution in [3.63, 3.8) is 0 Å². The highest BCUT2D eigenvalue weighted by Crippen LogP contribution is 2.28. The molecule has 0 radical (unpaired) electrons. The van der Waals surface area contributed by atoms with Gasteiger partial charge in [0.2, 0.25) is 0 Å². The number of carbonyl (C=O) groups is 2. The predicted octanol–water partition coefficient (Wildman–Crippen LogP) is 2.89. The number of Topliss-reactive ketones (excluding diaryl/α,β-unsaturated/α-hetero) is 1. The van der Waals surface area contributed by atoms with Gasteiger partial charge in [-0.25, -0.2) is 0 Å². The van der Waals surface area contributed by atoms with Gasteiger partial charge in [-0.3, -0.25) is 13.8 Å². The van der Waals surface area contributed by atoms with Gasteiger partial charge in [0.1, 0.15) is 16.8 Å². The number of ketones is 1. The molecule has 0 saturated carbocycles. The van der Waals surface area contributed by atoms with Gasteiger partial charge in [0.25, 0.3) is 10.1 Å². The van der Waals surface area contributed by atoms with Crippen LogP contribution in [-0.2, 0) is 28.6 Å². The van der Waals surface area contributed by atoms with Gasteiger partial charge in [0.05, 0.1) is 11.5 Å². The average molecular weight is 358 g/mol. The Kier molecular flexibility index (Phi) is 6.16. The smallest absolute Gasteiger partial charge is 0.322 e. The molecule has 0 saturated heterocycles. The fourth-order valence-electron chi connectivity index (χ4n) is 1.90. The van der Waals surface area contributed by atoms with Crippen LogP contribution in [0.2, 0.25) is 0 Å². The minimum Gasteiger partial charge on any atom is -0.459 e. The van der Waals surface area contributed by atoms with Crippen LogP contribution in [0.1, 0.15) is 54.4 Å². The Morgan fingerprint density at radius 1 is 1.12 bits per heavy atom. The molecule has 0 N–H and O–H groups in total. The van der Waals surface area contributed by atoms with Gasteiger partial charge in [-0.2, -0.15) is 8.42 Å². The highest BCUT2D eigenvalue weighted by molar-refractivity contribution is 7.90. The van der Waals surface area contributed by atoms with Crippen molar-refractivity contribution in [1.29, 1.82) is 0 Å². The lowest BCUT2D eigenvalue weighted by Gasteiger charge is -2.29. The molecule has 1 unspecified atom stereocenters. The number of allylic oxidation sites excluding steroid dienone is 4. The third kappa shape index (κ3) is 5.27. The molecule has 1 rings (SSSR count). The Labute approximate surface area is 144 Å². The first-order valence-electron chi connectivity index (χ1n) is 7.78. The monoisotopic (exact) mass is 358 g/mol. The van der Waals surface area contributed by atoms with Gasteiger partial charge >= 0.3 is 5.97 Å². The molecule has 0 fully saturated rings. The zero-order chi connectivity index (χ0) is 18.8. The zero-order valence-electron chi connectivity index (χ0n) is 15.1. The fraction of sp³-hybridized carbons (Fsp3) is 0.647. The molecule has 6 nitrogen and oxygen atoms in total. The molecule has 7 heteroatoms. The highest BCUT2D eigenvalue weighted by Gasteiger charge is 2.43. The van der Waals surface area contributed by atoms with Gasteiger partial charge in [-0.15, -0.1) is 0 Å². The summed E-state index contributed by atoms with van der Waals surface area (Å²) in [5.41, 5.74) is -1.39. The summed E-state index contributed by atoms with van der Waals surface area (Å²) in [6.45, 7) is 8.89. The summed E-state index contributed by atoms with van der Waals surface area (Å²) in [5.74, 6) is -1.31. The van der Waals surface area contributed by atoms with E-state index in [1.54, 1.807) is 26.8 Å². The lowest BCUT2D eigenvalue weighted by atomic mass is 9.87. The molecule has 24 heavy (non-hydrogen) atoms. The maximum Gasteiger partial charge on any atom is 0.322 e. The van der Waals surface area contributed by atoms with Crippen LogP contribution in [0.3, 0.4) is 0 Å². The van der Waals surface area contributed by atoms with Crippen molar-refractivity contribution < 1.29 is 26.9 Å². The first-order chi connectivity index (χ1) is 10.8. The number of carbonyl (C=O) groups excluding carboxylic acids is 2. The minimum absolute atomic E-state index is 0.142. The van der Waals surface area contributed by atoms with Gasteiger partial charge < -0.3 is 4.74 Å². The summed E-state index contributed by atoms with van der Waals surface area (Å²) < 4.78 is 34.8. The molecular formula is C17H26O6S. The van der Waals surface area contributed by atoms with Gasteiger partial charge in [-0.1, -0.05) is 11.6 Å². The maximum absolute atomic E-state index is 12.3. The minimum atomic E-state index is -3.99. The molecule has 0 amide bonds. The second-order valence-electron chi connectivity index (χ2n) is 7.25. The van der Waals surface area contributed by atoms with Gasteiger partial charge in [-0.05, 0) is 60.5 Å². The van der Waals surface area contributed by atoms with E-state index in [1.165, 1.54) is 19.9 Å². The van der Waals surface area contributed by atoms with E-state index in [4.69, 9.17) is 8.92 Å². The summed E-state index contributed by atoms with van der Waals surface area (Å²) in [6, 6.07) is 0. The first-order valence-corrected chi connectivity index (χ1v) is 9.19. The Morgan fingerprint density at radius 2 is 1.71 bits per heavy atom. The van der Waals surface area contributed by atoms with E-state index >= 15 is 0 Å². The maximum atomic E-state index is 12.3. The molecular weight excluding hydrogens is 332 g/mol. The standard InChI is InChI=1S/C17H26O6S/c1-12-7-9-14(10-8-12)24(20,21)22-11-17(6,13(2)18)15(19)23-16(3,4)5/h7,9H,8,10-11H2,1-6H3. The van der Waals surface area contributed by atoms with Crippen LogP contribution in [0.25, 0.3) is 0 Å². The number of rotatable bonds is 6. The Bertz CT molecular complexity index is 678. The molecule has 0 aliphatic heterocycles. The van der Waals surface area contributed by atoms with Crippen LogP contribution >= 0.6 is 0 Å². The van der Waals surface area contributed by atoms with E-state index in [-0.39, 0.29) is 4.91 Å². The summed E-state index contributed by atoms with van der Waals surface area (Å²) in [7, 11) is -3.99. The Hall–Kier alpha value is -1.47. The molecule has 0 spiro atoms. The quantitative estimate of drug-likeness (QED) is 0.412. The Balaban J connectivity index is 2.94. The Morgan fingerprint density at radius 3 is 2.12 bits per heavy atom. The molecule has 1 aliphatic rings. The highest BCUT2D eigenvalue weighted by atomic mass is 32.2. The van der Waals surface area contributed by atoms with Crippen LogP contribution in [0.15, 0.2) is 22.6 Å². The van der Waals surface area contributed by atoms with Crippen molar-refractivity contribution in [2.75, 3.05) is 6.61 Å². The lowest BCUT2D eigenvalue weighted by Crippen LogP contribution is -2.44. The average Bonchev–Trinajstić information content (AvgIpc) is 2.43. The van der Waals surface area contributed by atoms with E-state index in [1.807, 2.05) is 6.92 Å². The lowest BCUT2D eigenvalue weighted by molar-refractivity contribution is -0.170. The van der Waals surface area contributed by atoms with Crippen LogP contribution in [0, 0.1) is 5.41 Å². The van der Waals surface area contributed by atoms with E-state index in [0.29, 0.717) is 12.8 Å². The first kappa shape index (κ1) is 20.6. The number of ether oxygens (including phenoxy) is 1. The normalized spacial score (nSPS) is 18.2. The van der Waals surface area contributed by atoms with Gasteiger partial charge in [0, 0.05) is 0 Å². The second kappa shape index (κ2) is 7.19. The van der Waals surface area contributed by atoms with Crippen molar-refractivity contribution in [3.05, 3.63) is 22.6 Å². The van der Waals surface area contributed by atoms with Gasteiger partial charge in [0.15, 0.2) is 0 Å². The van der Waals surface area contributed by atoms with E-state index < -0.39 is 39.5 Å². The molecule has 0 aromatic rings. The molecule has 1 atom stereocenters. The summed E-state index contributed by atoms with van der Waals surface area (Å²) in [4.78, 5) is 24.4. The third-order valence-electron chi connectivity index (χ3n) is 3.77. The molecule has 0 bridgehead atoms. The van der Waals surface area contributed by atoms with E-state index in [9.17, 15) is 18.0 Å². The molecule has 1 aliphatic carbocycles. The third-order valence-corrected chi connectivity index (χ3v) is 5.18. The summed E-state index contributed by atoms with van der Waals surface area (Å²) in [6.07, 6.45) is 4.18. The van der Waals surface area contributed by atoms with Crippen molar-refractivity contribution in [2.24, 2.45) is 5.41 Å². The van der Waals surface area contributed by atoms with Crippen molar-refractivity contribution in [2.45, 2.75) is 60.0 Å². The van der Waals surface area contributed by atoms with E-state index in [2.05, 4.69) is 0 Å². The van der Waals surface area contributed by atoms with Crippen LogP contribution in [-0.4, -0.2) is 32.4 Å². The van der Waals surface area contributed by atoms with Crippen LogP contribution in [0.4, 0.5) is 0 Å². The molecule has 0 heterocycles. The SMILES string of the molecule is CC(=O)C(C)(COS(=O)(=O)C1=CC=C(C)CC1)C(=O)OC(C)(C)C. The fourth-order valence-corrected chi connectivity index (χ4v) is 3.03. The summed E-state index contributed by atoms with van der Waals surface area (Å²) >= 11 is 0. The molecule has 0 aromatic heterocycles. The van der Waals surface area contributed by atoms with Crippen LogP contribution < -0.4 is 0 Å². The van der Waals surface area contributed by atoms with Crippen molar-refractivity contribution in [1.82, 2.24) is 0 Å². The van der Waals surface area contributed by atoms with Crippen molar-refractivity contribution >= 4 is 21.9 Å². The number of hydrogen-bond donors (Lipinski definition) is 0. The van der Waals surface area contributed by atoms with Crippen molar-refractivity contribution in [3.8, 4) is 0 Å². The zero-order valence-corrected chi connectivity index (χ0v) is 16.0. The predicted molar refractivity (Wildman–Crippen MR) is 90.6 cm³/mol. The number of esters is 1. The number of hydrogen-bond acceptors (Lipinski definition) is 6. The van der Waals surface area contributed by atoms with Crippen LogP contribution in [0.5, 0.6) is 0 Å². The molecule has 136 valence electrons. The second-order valence-corrected chi connectivity index (χ2v) is 8.92. The van der Waals surface area contributed by atoms with E-state index in [0.717, 1.165) is 5.57 Å². The largest absolute Gasteiger partial charge is 0.459 e. The summed E-state index contributed by atoms with van der Waals surface area (Å²) in [5, 5.41) is 0. The molecule has 0 aromatic carbocycles. The topological polar surface area (TPSA) is 86.7 Å².